The lowest BCUT2D eigenvalue weighted by Crippen LogP contribution is -2.50. The van der Waals surface area contributed by atoms with Crippen molar-refractivity contribution in [1.29, 1.82) is 0 Å². The number of hydrogen-bond donors (Lipinski definition) is 0. The van der Waals surface area contributed by atoms with Gasteiger partial charge in [-0.25, -0.2) is 4.39 Å². The molecule has 4 heterocycles. The maximum atomic E-state index is 13.4. The average molecular weight is 476 g/mol. The van der Waals surface area contributed by atoms with Gasteiger partial charge in [-0.3, -0.25) is 9.48 Å². The van der Waals surface area contributed by atoms with E-state index in [0.717, 1.165) is 36.2 Å². The van der Waals surface area contributed by atoms with Gasteiger partial charge < -0.3 is 4.90 Å². The van der Waals surface area contributed by atoms with E-state index in [9.17, 15) is 17.6 Å². The number of piperidine rings is 1. The number of aromatic nitrogens is 2. The van der Waals surface area contributed by atoms with Gasteiger partial charge in [-0.05, 0) is 62.4 Å². The van der Waals surface area contributed by atoms with Gasteiger partial charge in [0.2, 0.25) is 5.91 Å². The second-order valence-electron chi connectivity index (χ2n) is 9.18. The van der Waals surface area contributed by atoms with Crippen LogP contribution in [0.3, 0.4) is 0 Å². The van der Waals surface area contributed by atoms with Crippen molar-refractivity contribution in [2.75, 3.05) is 32.7 Å². The molecule has 10 heteroatoms. The maximum absolute atomic E-state index is 13.4. The van der Waals surface area contributed by atoms with Gasteiger partial charge in [0.15, 0.2) is 0 Å². The number of halogens is 1. The van der Waals surface area contributed by atoms with Gasteiger partial charge in [0, 0.05) is 44.8 Å². The van der Waals surface area contributed by atoms with E-state index < -0.39 is 10.2 Å². The van der Waals surface area contributed by atoms with Crippen molar-refractivity contribution in [3.05, 3.63) is 41.8 Å². The first-order valence-corrected chi connectivity index (χ1v) is 13.2. The molecule has 5 rings (SSSR count). The molecule has 2 fully saturated rings. The number of carbonyl (C=O) groups is 1. The van der Waals surface area contributed by atoms with Gasteiger partial charge in [0.1, 0.15) is 5.82 Å². The molecule has 3 aliphatic rings. The van der Waals surface area contributed by atoms with Gasteiger partial charge in [0.05, 0.1) is 23.9 Å². The Balaban J connectivity index is 1.29. The molecule has 0 saturated carbocycles. The zero-order chi connectivity index (χ0) is 23.0. The highest BCUT2D eigenvalue weighted by molar-refractivity contribution is 7.86. The van der Waals surface area contributed by atoms with Crippen molar-refractivity contribution >= 4 is 16.1 Å². The molecule has 3 aliphatic heterocycles. The molecule has 0 radical (unpaired) electrons. The largest absolute Gasteiger partial charge is 0.336 e. The zero-order valence-electron chi connectivity index (χ0n) is 18.7. The fourth-order valence-electron chi connectivity index (χ4n) is 5.11. The van der Waals surface area contributed by atoms with E-state index in [1.807, 2.05) is 15.6 Å². The molecular formula is C23H30FN5O3S. The first-order valence-electron chi connectivity index (χ1n) is 11.8. The van der Waals surface area contributed by atoms with E-state index in [2.05, 4.69) is 5.10 Å². The second kappa shape index (κ2) is 9.15. The minimum Gasteiger partial charge on any atom is -0.336 e. The van der Waals surface area contributed by atoms with Crippen molar-refractivity contribution in [3.63, 3.8) is 0 Å². The molecule has 0 unspecified atom stereocenters. The van der Waals surface area contributed by atoms with Crippen molar-refractivity contribution < 1.29 is 17.6 Å². The highest BCUT2D eigenvalue weighted by Gasteiger charge is 2.38. The number of hydrogen-bond acceptors (Lipinski definition) is 4. The van der Waals surface area contributed by atoms with Crippen molar-refractivity contribution in [2.45, 2.75) is 45.2 Å². The molecule has 1 amide bonds. The number of carbonyl (C=O) groups excluding carboxylic acids is 1. The topological polar surface area (TPSA) is 78.8 Å². The predicted molar refractivity (Wildman–Crippen MR) is 122 cm³/mol. The number of benzene rings is 1. The van der Waals surface area contributed by atoms with Gasteiger partial charge in [-0.1, -0.05) is 0 Å². The molecule has 0 spiro atoms. The Bertz CT molecular complexity index is 1110. The maximum Gasteiger partial charge on any atom is 0.281 e. The number of rotatable bonds is 4. The fraction of sp³-hybridized carbons (Fsp3) is 0.565. The van der Waals surface area contributed by atoms with Crippen LogP contribution in [-0.2, 0) is 28.1 Å². The average Bonchev–Trinajstić information content (AvgIpc) is 3.46. The number of amides is 1. The van der Waals surface area contributed by atoms with Crippen molar-refractivity contribution in [2.24, 2.45) is 5.92 Å². The Hall–Kier alpha value is -2.30. The van der Waals surface area contributed by atoms with E-state index in [4.69, 9.17) is 0 Å². The van der Waals surface area contributed by atoms with Crippen molar-refractivity contribution in [1.82, 2.24) is 23.3 Å². The smallest absolute Gasteiger partial charge is 0.281 e. The molecule has 0 aliphatic carbocycles. The summed E-state index contributed by atoms with van der Waals surface area (Å²) in [4.78, 5) is 15.3. The monoisotopic (exact) mass is 475 g/mol. The van der Waals surface area contributed by atoms with Gasteiger partial charge in [-0.2, -0.15) is 22.1 Å². The summed E-state index contributed by atoms with van der Waals surface area (Å²) in [6.07, 6.45) is 3.99. The van der Waals surface area contributed by atoms with Crippen molar-refractivity contribution in [3.8, 4) is 11.3 Å². The van der Waals surface area contributed by atoms with E-state index in [0.29, 0.717) is 52.1 Å². The summed E-state index contributed by atoms with van der Waals surface area (Å²) in [5.74, 6) is -0.582. The molecule has 0 N–H and O–H groups in total. The van der Waals surface area contributed by atoms with Crippen LogP contribution in [-0.4, -0.2) is 70.3 Å². The van der Waals surface area contributed by atoms with Crippen LogP contribution < -0.4 is 0 Å². The Labute approximate surface area is 194 Å². The van der Waals surface area contributed by atoms with Crippen LogP contribution >= 0.6 is 0 Å². The lowest BCUT2D eigenvalue weighted by atomic mass is 9.98. The third-order valence-electron chi connectivity index (χ3n) is 6.92. The molecule has 0 bridgehead atoms. The van der Waals surface area contributed by atoms with E-state index >= 15 is 0 Å². The van der Waals surface area contributed by atoms with Gasteiger partial charge in [-0.15, -0.1) is 0 Å². The van der Waals surface area contributed by atoms with Gasteiger partial charge in [0.25, 0.3) is 10.2 Å². The Morgan fingerprint density at radius 1 is 0.939 bits per heavy atom. The minimum atomic E-state index is -3.49. The second-order valence-corrected chi connectivity index (χ2v) is 11.1. The first-order chi connectivity index (χ1) is 15.9. The summed E-state index contributed by atoms with van der Waals surface area (Å²) < 4.78 is 44.3. The third-order valence-corrected chi connectivity index (χ3v) is 8.92. The summed E-state index contributed by atoms with van der Waals surface area (Å²) in [5.41, 5.74) is 2.54. The molecule has 178 valence electrons. The van der Waals surface area contributed by atoms with E-state index in [1.54, 1.807) is 16.4 Å². The fourth-order valence-corrected chi connectivity index (χ4v) is 6.88. The van der Waals surface area contributed by atoms with Crippen LogP contribution in [0.2, 0.25) is 0 Å². The lowest BCUT2D eigenvalue weighted by molar-refractivity contribution is -0.137. The normalized spacial score (nSPS) is 22.8. The van der Waals surface area contributed by atoms with Crippen LogP contribution in [0.5, 0.6) is 0 Å². The Morgan fingerprint density at radius 3 is 2.42 bits per heavy atom. The molecule has 2 aromatic rings. The molecule has 8 nitrogen and oxygen atoms in total. The standard InChI is InChI=1S/C23H30FN5O3S/c24-20-8-6-18(7-9-20)22-15-21-17-26(10-4-14-29(21)25-22)23(30)19-5-3-13-28(16-19)33(31,32)27-11-1-2-12-27/h6-9,15,19H,1-5,10-14,16-17H2/t19-/m0/s1. The summed E-state index contributed by atoms with van der Waals surface area (Å²) in [5, 5.41) is 4.67. The Kier molecular flexibility index (Phi) is 6.24. The zero-order valence-corrected chi connectivity index (χ0v) is 19.5. The first kappa shape index (κ1) is 22.5. The van der Waals surface area contributed by atoms with Crippen LogP contribution in [0.25, 0.3) is 11.3 Å². The highest BCUT2D eigenvalue weighted by atomic mass is 32.2. The molecule has 1 atom stereocenters. The Morgan fingerprint density at radius 2 is 1.67 bits per heavy atom. The quantitative estimate of drug-likeness (QED) is 0.681. The molecular weight excluding hydrogens is 445 g/mol. The number of aryl methyl sites for hydroxylation is 1. The number of nitrogens with zero attached hydrogens (tertiary/aromatic N) is 5. The van der Waals surface area contributed by atoms with Crippen LogP contribution in [0.4, 0.5) is 4.39 Å². The summed E-state index contributed by atoms with van der Waals surface area (Å²) in [6.45, 7) is 3.67. The summed E-state index contributed by atoms with van der Waals surface area (Å²) >= 11 is 0. The summed E-state index contributed by atoms with van der Waals surface area (Å²) in [7, 11) is -3.49. The lowest BCUT2D eigenvalue weighted by Gasteiger charge is -2.35. The predicted octanol–water partition coefficient (Wildman–Crippen LogP) is 2.47. The third kappa shape index (κ3) is 4.56. The molecule has 1 aromatic heterocycles. The SMILES string of the molecule is O=C([C@H]1CCCN(S(=O)(=O)N2CCCC2)C1)N1CCCn2nc(-c3ccc(F)cc3)cc2C1. The van der Waals surface area contributed by atoms with Crippen LogP contribution in [0, 0.1) is 11.7 Å². The van der Waals surface area contributed by atoms with Crippen LogP contribution in [0.15, 0.2) is 30.3 Å². The molecule has 33 heavy (non-hydrogen) atoms. The van der Waals surface area contributed by atoms with E-state index in [-0.39, 0.29) is 24.2 Å². The van der Waals surface area contributed by atoms with E-state index in [1.165, 1.54) is 16.4 Å². The van der Waals surface area contributed by atoms with Gasteiger partial charge >= 0.3 is 0 Å². The number of fused-ring (bicyclic) bond motifs is 1. The minimum absolute atomic E-state index is 0.0225. The van der Waals surface area contributed by atoms with Crippen LogP contribution in [0.1, 0.15) is 37.8 Å². The highest BCUT2D eigenvalue weighted by Crippen LogP contribution is 2.27. The molecule has 1 aromatic carbocycles. The summed E-state index contributed by atoms with van der Waals surface area (Å²) in [6, 6.07) is 8.21. The molecule has 2 saturated heterocycles.